The lowest BCUT2D eigenvalue weighted by atomic mass is 10.00. The van der Waals surface area contributed by atoms with Crippen molar-refractivity contribution >= 4 is 0 Å². The second-order valence-electron chi connectivity index (χ2n) is 4.00. The van der Waals surface area contributed by atoms with Crippen LogP contribution in [0, 0.1) is 11.2 Å². The van der Waals surface area contributed by atoms with E-state index in [0.29, 0.717) is 12.1 Å². The highest BCUT2D eigenvalue weighted by molar-refractivity contribution is 5.31. The third-order valence-electron chi connectivity index (χ3n) is 3.19. The fourth-order valence-corrected chi connectivity index (χ4v) is 2.01. The number of aliphatic hydroxyl groups is 1. The third kappa shape index (κ3) is 1.33. The van der Waals surface area contributed by atoms with Crippen molar-refractivity contribution in [2.45, 2.75) is 12.3 Å². The van der Waals surface area contributed by atoms with E-state index in [1.165, 1.54) is 6.07 Å². The number of halogens is 1. The van der Waals surface area contributed by atoms with Crippen molar-refractivity contribution in [1.82, 2.24) is 0 Å². The molecule has 0 bridgehead atoms. The molecule has 1 aliphatic rings. The molecule has 2 rings (SSSR count). The van der Waals surface area contributed by atoms with Gasteiger partial charge in [-0.2, -0.15) is 0 Å². The number of benzene rings is 1. The summed E-state index contributed by atoms with van der Waals surface area (Å²) >= 11 is 0. The SMILES string of the molecule is NC[C@@]1(CO)C[C@H]1c1ccccc1F. The number of hydrogen-bond donors (Lipinski definition) is 2. The maximum atomic E-state index is 13.4. The first kappa shape index (κ1) is 9.62. The Morgan fingerprint density at radius 2 is 2.21 bits per heavy atom. The Balaban J connectivity index is 2.24. The molecule has 0 heterocycles. The van der Waals surface area contributed by atoms with Gasteiger partial charge in [-0.3, -0.25) is 0 Å². The Labute approximate surface area is 82.5 Å². The minimum Gasteiger partial charge on any atom is -0.396 e. The van der Waals surface area contributed by atoms with Crippen LogP contribution in [0.15, 0.2) is 24.3 Å². The summed E-state index contributed by atoms with van der Waals surface area (Å²) in [6.45, 7) is 0.463. The smallest absolute Gasteiger partial charge is 0.126 e. The van der Waals surface area contributed by atoms with Crippen LogP contribution in [-0.2, 0) is 0 Å². The largest absolute Gasteiger partial charge is 0.396 e. The Kier molecular flexibility index (Phi) is 2.29. The van der Waals surface area contributed by atoms with Crippen LogP contribution in [0.1, 0.15) is 17.9 Å². The molecule has 3 heteroatoms. The van der Waals surface area contributed by atoms with Gasteiger partial charge in [-0.15, -0.1) is 0 Å². The van der Waals surface area contributed by atoms with Crippen molar-refractivity contribution in [1.29, 1.82) is 0 Å². The van der Waals surface area contributed by atoms with Crippen LogP contribution in [0.5, 0.6) is 0 Å². The molecule has 1 aliphatic carbocycles. The minimum atomic E-state index is -0.262. The van der Waals surface area contributed by atoms with Gasteiger partial charge in [0.1, 0.15) is 5.82 Å². The molecule has 0 radical (unpaired) electrons. The van der Waals surface area contributed by atoms with Crippen molar-refractivity contribution in [3.63, 3.8) is 0 Å². The van der Waals surface area contributed by atoms with E-state index in [1.54, 1.807) is 12.1 Å². The summed E-state index contributed by atoms with van der Waals surface area (Å²) in [6, 6.07) is 6.71. The monoisotopic (exact) mass is 195 g/mol. The summed E-state index contributed by atoms with van der Waals surface area (Å²) in [5, 5.41) is 9.18. The van der Waals surface area contributed by atoms with Gasteiger partial charge < -0.3 is 10.8 Å². The summed E-state index contributed by atoms with van der Waals surface area (Å²) in [7, 11) is 0. The molecule has 0 aromatic heterocycles. The molecule has 0 saturated heterocycles. The predicted molar refractivity (Wildman–Crippen MR) is 52.3 cm³/mol. The minimum absolute atomic E-state index is 0.0441. The number of hydrogen-bond acceptors (Lipinski definition) is 2. The van der Waals surface area contributed by atoms with Crippen LogP contribution in [0.2, 0.25) is 0 Å². The van der Waals surface area contributed by atoms with Crippen LogP contribution in [0.3, 0.4) is 0 Å². The fraction of sp³-hybridized carbons (Fsp3) is 0.455. The van der Waals surface area contributed by atoms with Crippen molar-refractivity contribution in [2.24, 2.45) is 11.1 Å². The average molecular weight is 195 g/mol. The van der Waals surface area contributed by atoms with Crippen LogP contribution < -0.4 is 5.73 Å². The van der Waals surface area contributed by atoms with E-state index < -0.39 is 0 Å². The summed E-state index contributed by atoms with van der Waals surface area (Å²) in [5.74, 6) is -0.0972. The van der Waals surface area contributed by atoms with Crippen LogP contribution in [0.25, 0.3) is 0 Å². The first-order valence-electron chi connectivity index (χ1n) is 4.79. The Morgan fingerprint density at radius 3 is 2.71 bits per heavy atom. The summed E-state index contributed by atoms with van der Waals surface area (Å²) in [6.07, 6.45) is 0.793. The van der Waals surface area contributed by atoms with Gasteiger partial charge in [0, 0.05) is 12.0 Å². The van der Waals surface area contributed by atoms with E-state index in [-0.39, 0.29) is 23.8 Å². The van der Waals surface area contributed by atoms with Gasteiger partial charge in [0.25, 0.3) is 0 Å². The molecule has 1 saturated carbocycles. The van der Waals surface area contributed by atoms with Gasteiger partial charge >= 0.3 is 0 Å². The molecule has 1 fully saturated rings. The van der Waals surface area contributed by atoms with Crippen LogP contribution >= 0.6 is 0 Å². The zero-order valence-electron chi connectivity index (χ0n) is 7.91. The van der Waals surface area contributed by atoms with E-state index in [4.69, 9.17) is 5.73 Å². The molecule has 2 atom stereocenters. The van der Waals surface area contributed by atoms with Gasteiger partial charge in [0.05, 0.1) is 6.61 Å². The van der Waals surface area contributed by atoms with Gasteiger partial charge in [-0.05, 0) is 24.0 Å². The van der Waals surface area contributed by atoms with E-state index in [1.807, 2.05) is 6.07 Å². The highest BCUT2D eigenvalue weighted by Crippen LogP contribution is 2.58. The second kappa shape index (κ2) is 3.33. The van der Waals surface area contributed by atoms with Gasteiger partial charge in [-0.1, -0.05) is 18.2 Å². The second-order valence-corrected chi connectivity index (χ2v) is 4.00. The third-order valence-corrected chi connectivity index (χ3v) is 3.19. The lowest BCUT2D eigenvalue weighted by Crippen LogP contribution is -2.21. The lowest BCUT2D eigenvalue weighted by Gasteiger charge is -2.11. The average Bonchev–Trinajstić information content (AvgIpc) is 2.94. The molecule has 0 amide bonds. The molecule has 76 valence electrons. The first-order valence-corrected chi connectivity index (χ1v) is 4.79. The van der Waals surface area contributed by atoms with Gasteiger partial charge in [0.2, 0.25) is 0 Å². The molecule has 3 N–H and O–H groups in total. The highest BCUT2D eigenvalue weighted by atomic mass is 19.1. The molecule has 1 aromatic rings. The quantitative estimate of drug-likeness (QED) is 0.762. The molecule has 0 unspecified atom stereocenters. The standard InChI is InChI=1S/C11H14FNO/c12-10-4-2-1-3-8(10)9-5-11(9,6-13)7-14/h1-4,9,14H,5-7,13H2/t9-,11+/m0/s1. The van der Waals surface area contributed by atoms with Gasteiger partial charge in [-0.25, -0.2) is 4.39 Å². The van der Waals surface area contributed by atoms with Crippen LogP contribution in [-0.4, -0.2) is 18.3 Å². The van der Waals surface area contributed by atoms with E-state index in [0.717, 1.165) is 6.42 Å². The molecule has 0 spiro atoms. The zero-order chi connectivity index (χ0) is 10.2. The Hall–Kier alpha value is -0.930. The molecule has 1 aromatic carbocycles. The molecular weight excluding hydrogens is 181 g/mol. The van der Waals surface area contributed by atoms with Crippen molar-refractivity contribution in [2.75, 3.05) is 13.2 Å². The number of aliphatic hydroxyl groups excluding tert-OH is 1. The summed E-state index contributed by atoms with van der Waals surface area (Å²) in [5.41, 5.74) is 6.00. The summed E-state index contributed by atoms with van der Waals surface area (Å²) < 4.78 is 13.4. The Morgan fingerprint density at radius 1 is 1.50 bits per heavy atom. The fourth-order valence-electron chi connectivity index (χ4n) is 2.01. The first-order chi connectivity index (χ1) is 6.73. The maximum absolute atomic E-state index is 13.4. The van der Waals surface area contributed by atoms with Crippen molar-refractivity contribution in [3.8, 4) is 0 Å². The molecule has 2 nitrogen and oxygen atoms in total. The maximum Gasteiger partial charge on any atom is 0.126 e. The van der Waals surface area contributed by atoms with Crippen molar-refractivity contribution in [3.05, 3.63) is 35.6 Å². The number of nitrogens with two attached hydrogens (primary N) is 1. The van der Waals surface area contributed by atoms with Crippen molar-refractivity contribution < 1.29 is 9.50 Å². The van der Waals surface area contributed by atoms with E-state index in [9.17, 15) is 9.50 Å². The summed E-state index contributed by atoms with van der Waals surface area (Å²) in [4.78, 5) is 0. The molecule has 14 heavy (non-hydrogen) atoms. The number of rotatable bonds is 3. The predicted octanol–water partition coefficient (Wildman–Crippen LogP) is 1.25. The normalized spacial score (nSPS) is 30.4. The van der Waals surface area contributed by atoms with E-state index in [2.05, 4.69) is 0 Å². The molecular formula is C11H14FNO. The Bertz CT molecular complexity index is 336. The van der Waals surface area contributed by atoms with E-state index >= 15 is 0 Å². The van der Waals surface area contributed by atoms with Crippen LogP contribution in [0.4, 0.5) is 4.39 Å². The lowest BCUT2D eigenvalue weighted by molar-refractivity contribution is 0.211. The topological polar surface area (TPSA) is 46.2 Å². The highest BCUT2D eigenvalue weighted by Gasteiger charge is 2.54. The zero-order valence-corrected chi connectivity index (χ0v) is 7.91. The van der Waals surface area contributed by atoms with Gasteiger partial charge in [0.15, 0.2) is 0 Å². The molecule has 0 aliphatic heterocycles.